The summed E-state index contributed by atoms with van der Waals surface area (Å²) in [7, 11) is 1.60. The van der Waals surface area contributed by atoms with E-state index in [1.165, 1.54) is 5.56 Å². The van der Waals surface area contributed by atoms with E-state index in [0.29, 0.717) is 16.6 Å². The molecule has 2 heterocycles. The van der Waals surface area contributed by atoms with Gasteiger partial charge in [-0.2, -0.15) is 0 Å². The van der Waals surface area contributed by atoms with Crippen molar-refractivity contribution in [2.24, 2.45) is 5.92 Å². The molecule has 0 saturated carbocycles. The van der Waals surface area contributed by atoms with Crippen molar-refractivity contribution in [2.75, 3.05) is 18.6 Å². The van der Waals surface area contributed by atoms with Gasteiger partial charge in [0, 0.05) is 11.3 Å². The molecule has 31 heavy (non-hydrogen) atoms. The molecule has 6 nitrogen and oxygen atoms in total. The van der Waals surface area contributed by atoms with E-state index in [9.17, 15) is 4.79 Å². The monoisotopic (exact) mass is 438 g/mol. The number of rotatable bonds is 6. The normalized spacial score (nSPS) is 23.8. The van der Waals surface area contributed by atoms with Gasteiger partial charge in [-0.1, -0.05) is 43.8 Å². The highest BCUT2D eigenvalue weighted by atomic mass is 32.1. The van der Waals surface area contributed by atoms with Gasteiger partial charge in [0.1, 0.15) is 12.5 Å². The van der Waals surface area contributed by atoms with Gasteiger partial charge in [0.25, 0.3) is 0 Å². The zero-order valence-electron chi connectivity index (χ0n) is 17.9. The average Bonchev–Trinajstić information content (AvgIpc) is 2.77. The van der Waals surface area contributed by atoms with Crippen LogP contribution in [-0.4, -0.2) is 30.5 Å². The summed E-state index contributed by atoms with van der Waals surface area (Å²) < 4.78 is 17.6. The van der Waals surface area contributed by atoms with E-state index < -0.39 is 17.7 Å². The van der Waals surface area contributed by atoms with Gasteiger partial charge in [-0.05, 0) is 49.3 Å². The van der Waals surface area contributed by atoms with E-state index in [2.05, 4.69) is 31.0 Å². The number of esters is 1. The summed E-state index contributed by atoms with van der Waals surface area (Å²) >= 11 is 5.75. The van der Waals surface area contributed by atoms with Crippen molar-refractivity contribution >= 4 is 29.0 Å². The number of benzene rings is 2. The van der Waals surface area contributed by atoms with Crippen LogP contribution >= 0.6 is 12.2 Å². The second-order valence-electron chi connectivity index (χ2n) is 7.71. The fraction of sp³-hybridized carbons (Fsp3) is 0.333. The second-order valence-corrected chi connectivity index (χ2v) is 8.10. The Bertz CT molecular complexity index is 1020. The second kappa shape index (κ2) is 8.23. The van der Waals surface area contributed by atoms with Crippen LogP contribution in [0.25, 0.3) is 0 Å². The third-order valence-electron chi connectivity index (χ3n) is 5.91. The molecule has 2 aromatic carbocycles. The van der Waals surface area contributed by atoms with Crippen molar-refractivity contribution in [2.45, 2.75) is 32.0 Å². The topological polar surface area (TPSA) is 60.0 Å². The van der Waals surface area contributed by atoms with Crippen LogP contribution in [0.3, 0.4) is 0 Å². The summed E-state index contributed by atoms with van der Waals surface area (Å²) in [6, 6.07) is 13.3. The molecule has 2 aliphatic rings. The molecule has 2 aliphatic heterocycles. The van der Waals surface area contributed by atoms with Crippen LogP contribution in [-0.2, 0) is 16.0 Å². The number of anilines is 1. The summed E-state index contributed by atoms with van der Waals surface area (Å²) in [6.07, 6.45) is 2.48. The number of carbonyl (C=O) groups is 1. The first-order chi connectivity index (χ1) is 14.9. The van der Waals surface area contributed by atoms with Crippen LogP contribution in [0.15, 0.2) is 55.1 Å². The Morgan fingerprint density at radius 3 is 2.71 bits per heavy atom. The molecular formula is C24H26N2O4S. The van der Waals surface area contributed by atoms with Gasteiger partial charge in [0.05, 0.1) is 13.2 Å². The van der Waals surface area contributed by atoms with Crippen molar-refractivity contribution in [1.82, 2.24) is 5.32 Å². The highest BCUT2D eigenvalue weighted by Crippen LogP contribution is 2.52. The highest BCUT2D eigenvalue weighted by molar-refractivity contribution is 7.80. The molecule has 2 bridgehead atoms. The number of nitrogens with zero attached hydrogens (tertiary/aromatic N) is 1. The van der Waals surface area contributed by atoms with Crippen LogP contribution in [0.4, 0.5) is 5.69 Å². The lowest BCUT2D eigenvalue weighted by Gasteiger charge is -2.55. The van der Waals surface area contributed by atoms with Gasteiger partial charge in [0.15, 0.2) is 16.6 Å². The van der Waals surface area contributed by atoms with Gasteiger partial charge in [-0.25, -0.2) is 0 Å². The number of para-hydroxylation sites is 1. The van der Waals surface area contributed by atoms with E-state index in [-0.39, 0.29) is 12.6 Å². The first-order valence-electron chi connectivity index (χ1n) is 10.3. The van der Waals surface area contributed by atoms with Crippen LogP contribution in [0.5, 0.6) is 11.5 Å². The van der Waals surface area contributed by atoms with E-state index in [1.807, 2.05) is 42.2 Å². The molecule has 7 heteroatoms. The molecule has 1 N–H and O–H groups in total. The first-order valence-corrected chi connectivity index (χ1v) is 10.7. The molecule has 0 unspecified atom stereocenters. The first kappa shape index (κ1) is 21.2. The van der Waals surface area contributed by atoms with Crippen molar-refractivity contribution in [3.05, 3.63) is 66.2 Å². The molecule has 0 radical (unpaired) electrons. The number of hydrogen-bond acceptors (Lipinski definition) is 5. The van der Waals surface area contributed by atoms with E-state index >= 15 is 0 Å². The summed E-state index contributed by atoms with van der Waals surface area (Å²) in [5.74, 6) is 0.133. The predicted octanol–water partition coefficient (Wildman–Crippen LogP) is 4.15. The molecule has 0 aromatic heterocycles. The minimum atomic E-state index is -1.12. The Hall–Kier alpha value is -3.06. The fourth-order valence-corrected chi connectivity index (χ4v) is 4.81. The van der Waals surface area contributed by atoms with Crippen molar-refractivity contribution < 1.29 is 19.0 Å². The number of carbonyl (C=O) groups excluding carboxylic acids is 1. The maximum absolute atomic E-state index is 13.2. The number of thiocarbonyl (C=S) groups is 1. The molecular weight excluding hydrogens is 412 g/mol. The molecule has 0 spiro atoms. The largest absolute Gasteiger partial charge is 0.493 e. The Morgan fingerprint density at radius 2 is 2.06 bits per heavy atom. The lowest BCUT2D eigenvalue weighted by Crippen LogP contribution is -2.71. The van der Waals surface area contributed by atoms with E-state index in [1.54, 1.807) is 13.2 Å². The Labute approximate surface area is 187 Å². The molecule has 4 rings (SSSR count). The van der Waals surface area contributed by atoms with Crippen LogP contribution in [0.1, 0.15) is 31.0 Å². The van der Waals surface area contributed by atoms with Crippen molar-refractivity contribution in [3.8, 4) is 11.5 Å². The Morgan fingerprint density at radius 1 is 1.32 bits per heavy atom. The number of methoxy groups -OCH3 is 1. The van der Waals surface area contributed by atoms with Crippen molar-refractivity contribution in [3.63, 3.8) is 0 Å². The van der Waals surface area contributed by atoms with Gasteiger partial charge in [0.2, 0.25) is 5.72 Å². The highest BCUT2D eigenvalue weighted by Gasteiger charge is 2.60. The SMILES string of the molecule is C=CCOC(=O)[C@H]1[C@H]2NC(=S)N(c3ccc(CC)cc3)[C@@]1(C)Oc1c(OC)cccc12. The van der Waals surface area contributed by atoms with Gasteiger partial charge in [-0.3, -0.25) is 9.69 Å². The quantitative estimate of drug-likeness (QED) is 0.413. The van der Waals surface area contributed by atoms with Gasteiger partial charge in [-0.15, -0.1) is 0 Å². The number of ether oxygens (including phenoxy) is 3. The lowest BCUT2D eigenvalue weighted by atomic mass is 9.79. The molecule has 3 atom stereocenters. The van der Waals surface area contributed by atoms with E-state index in [0.717, 1.165) is 17.7 Å². The minimum absolute atomic E-state index is 0.124. The lowest BCUT2D eigenvalue weighted by molar-refractivity contribution is -0.159. The van der Waals surface area contributed by atoms with E-state index in [4.69, 9.17) is 26.4 Å². The Kier molecular flexibility index (Phi) is 5.62. The van der Waals surface area contributed by atoms with Crippen molar-refractivity contribution in [1.29, 1.82) is 0 Å². The molecule has 0 aliphatic carbocycles. The summed E-state index contributed by atoms with van der Waals surface area (Å²) in [5, 5.41) is 3.84. The number of hydrogen-bond donors (Lipinski definition) is 1. The molecule has 1 fully saturated rings. The summed E-state index contributed by atoms with van der Waals surface area (Å²) in [4.78, 5) is 15.1. The summed E-state index contributed by atoms with van der Waals surface area (Å²) in [5.41, 5.74) is 1.72. The third kappa shape index (κ3) is 3.43. The van der Waals surface area contributed by atoms with Crippen LogP contribution < -0.4 is 19.7 Å². The molecule has 162 valence electrons. The molecule has 0 amide bonds. The smallest absolute Gasteiger partial charge is 0.317 e. The number of fused-ring (bicyclic) bond motifs is 4. The maximum Gasteiger partial charge on any atom is 0.317 e. The van der Waals surface area contributed by atoms with Crippen LogP contribution in [0.2, 0.25) is 0 Å². The summed E-state index contributed by atoms with van der Waals surface area (Å²) in [6.45, 7) is 7.74. The standard InChI is InChI=1S/C24H26N2O4S/c1-5-14-29-22(27)19-20-17-8-7-9-18(28-4)21(17)30-24(19,3)26(23(31)25-20)16-12-10-15(6-2)11-13-16/h5,7-13,19-20H,1,6,14H2,2-4H3,(H,25,31)/t19-,20+,24+/m1/s1. The zero-order chi connectivity index (χ0) is 22.2. The maximum atomic E-state index is 13.2. The van der Waals surface area contributed by atoms with Crippen LogP contribution in [0, 0.1) is 5.92 Å². The fourth-order valence-electron chi connectivity index (χ4n) is 4.39. The van der Waals surface area contributed by atoms with Gasteiger partial charge >= 0.3 is 5.97 Å². The van der Waals surface area contributed by atoms with Gasteiger partial charge < -0.3 is 19.5 Å². The third-order valence-corrected chi connectivity index (χ3v) is 6.21. The molecule has 2 aromatic rings. The Balaban J connectivity index is 1.87. The predicted molar refractivity (Wildman–Crippen MR) is 123 cm³/mol. The zero-order valence-corrected chi connectivity index (χ0v) is 18.7. The number of aryl methyl sites for hydroxylation is 1. The minimum Gasteiger partial charge on any atom is -0.493 e. The average molecular weight is 439 g/mol. The number of nitrogens with one attached hydrogen (secondary N) is 1. The molecule has 1 saturated heterocycles.